The van der Waals surface area contributed by atoms with Gasteiger partial charge in [-0.15, -0.1) is 0 Å². The van der Waals surface area contributed by atoms with E-state index in [4.69, 9.17) is 25.9 Å². The number of allylic oxidation sites excluding steroid dienone is 1. The zero-order valence-electron chi connectivity index (χ0n) is 21.2. The summed E-state index contributed by atoms with van der Waals surface area (Å²) in [6.07, 6.45) is -4.01. The smallest absolute Gasteiger partial charge is 0.340 e. The number of nitrogens with zero attached hydrogens (tertiary/aromatic N) is 4. The second-order valence-electron chi connectivity index (χ2n) is 8.76. The maximum absolute atomic E-state index is 15.4. The van der Waals surface area contributed by atoms with Gasteiger partial charge >= 0.3 is 15.2 Å². The number of alkyl halides is 1. The van der Waals surface area contributed by atoms with Crippen LogP contribution >= 0.6 is 26.8 Å². The van der Waals surface area contributed by atoms with Gasteiger partial charge < -0.3 is 34.7 Å². The highest BCUT2D eigenvalue weighted by Gasteiger charge is 2.35. The van der Waals surface area contributed by atoms with Gasteiger partial charge in [0.2, 0.25) is 5.28 Å². The van der Waals surface area contributed by atoms with E-state index in [0.717, 1.165) is 4.68 Å². The van der Waals surface area contributed by atoms with Crippen molar-refractivity contribution in [3.8, 4) is 0 Å². The van der Waals surface area contributed by atoms with Crippen LogP contribution < -0.4 is 5.32 Å². The molecule has 0 radical (unpaired) electrons. The van der Waals surface area contributed by atoms with Crippen LogP contribution in [0, 0.1) is 5.82 Å². The molecular weight excluding hydrogens is 598 g/mol. The predicted octanol–water partition coefficient (Wildman–Crippen LogP) is 3.66. The number of aromatic nitrogens is 4. The summed E-state index contributed by atoms with van der Waals surface area (Å²) in [6, 6.07) is 5.47. The molecule has 0 aliphatic rings. The fourth-order valence-corrected chi connectivity index (χ4v) is 6.50. The molecule has 0 aliphatic carbocycles. The number of aliphatic hydroxyl groups excluding tert-OH is 2. The molecule has 0 spiro atoms. The van der Waals surface area contributed by atoms with Gasteiger partial charge in [0.05, 0.1) is 24.2 Å². The first-order chi connectivity index (χ1) is 18.6. The first-order valence-electron chi connectivity index (χ1n) is 11.7. The van der Waals surface area contributed by atoms with E-state index in [0.29, 0.717) is 5.56 Å². The Balaban J connectivity index is 1.84. The first kappa shape index (κ1) is 32.2. The standard InChI is InChI=1S/C22H28ClF2N5O8P2/c1-3-6-13(10-38-40(36,37)11-39(33,34)35)18(31)17(25)21(32)30-20-15(9-26-30)19(28-22(23)29-20)27-12(2)14-7-4-5-8-16(14)24/h4-9,12,17-18,21,31-32H,3,10-11H2,1-2H3,(H,36,37)(H,27,28,29)(H2,33,34,35)/b13-6-/t12-,17-,18+,21+/m0/s1. The van der Waals surface area contributed by atoms with Gasteiger partial charge in [-0.2, -0.15) is 15.1 Å². The van der Waals surface area contributed by atoms with Gasteiger partial charge in [0.25, 0.3) is 0 Å². The zero-order chi connectivity index (χ0) is 29.8. The molecule has 0 saturated carbocycles. The molecule has 0 aliphatic heterocycles. The molecule has 0 amide bonds. The van der Waals surface area contributed by atoms with E-state index in [1.165, 1.54) is 24.4 Å². The average molecular weight is 626 g/mol. The van der Waals surface area contributed by atoms with Gasteiger partial charge in [-0.1, -0.05) is 31.2 Å². The first-order valence-corrected chi connectivity index (χ1v) is 15.7. The van der Waals surface area contributed by atoms with Crippen LogP contribution in [0.3, 0.4) is 0 Å². The lowest BCUT2D eigenvalue weighted by Gasteiger charge is -2.24. The Hall–Kier alpha value is -2.32. The molecule has 1 aromatic carbocycles. The Bertz CT molecular complexity index is 1470. The van der Waals surface area contributed by atoms with Gasteiger partial charge in [-0.3, -0.25) is 9.13 Å². The maximum atomic E-state index is 15.4. The average Bonchev–Trinajstić information content (AvgIpc) is 3.28. The van der Waals surface area contributed by atoms with E-state index in [1.807, 2.05) is 0 Å². The van der Waals surface area contributed by atoms with Crippen LogP contribution in [0.15, 0.2) is 42.1 Å². The van der Waals surface area contributed by atoms with Crippen LogP contribution in [-0.4, -0.2) is 69.4 Å². The number of fused-ring (bicyclic) bond motifs is 1. The summed E-state index contributed by atoms with van der Waals surface area (Å²) in [6.45, 7) is 2.43. The van der Waals surface area contributed by atoms with Gasteiger partial charge in [0, 0.05) is 5.56 Å². The predicted molar refractivity (Wildman–Crippen MR) is 142 cm³/mol. The normalized spacial score (nSPS) is 17.3. The van der Waals surface area contributed by atoms with E-state index in [-0.39, 0.29) is 34.1 Å². The number of aliphatic hydroxyl groups is 2. The third kappa shape index (κ3) is 8.12. The summed E-state index contributed by atoms with van der Waals surface area (Å²) < 4.78 is 58.1. The highest BCUT2D eigenvalue weighted by atomic mass is 35.5. The molecule has 220 valence electrons. The van der Waals surface area contributed by atoms with Crippen molar-refractivity contribution in [1.82, 2.24) is 19.7 Å². The van der Waals surface area contributed by atoms with Crippen molar-refractivity contribution < 1.29 is 47.3 Å². The molecule has 5 atom stereocenters. The summed E-state index contributed by atoms with van der Waals surface area (Å²) in [4.78, 5) is 35.6. The summed E-state index contributed by atoms with van der Waals surface area (Å²) in [7, 11) is -9.70. The van der Waals surface area contributed by atoms with Crippen LogP contribution in [0.5, 0.6) is 0 Å². The van der Waals surface area contributed by atoms with Crippen LogP contribution in [0.1, 0.15) is 38.1 Å². The van der Waals surface area contributed by atoms with Crippen molar-refractivity contribution in [2.45, 2.75) is 44.8 Å². The summed E-state index contributed by atoms with van der Waals surface area (Å²) in [5, 5.41) is 28.2. The number of anilines is 1. The molecule has 3 rings (SSSR count). The number of hydrogen-bond donors (Lipinski definition) is 6. The Kier molecular flexibility index (Phi) is 10.6. The van der Waals surface area contributed by atoms with Crippen LogP contribution in [0.2, 0.25) is 5.28 Å². The lowest BCUT2D eigenvalue weighted by Crippen LogP contribution is -2.35. The zero-order valence-corrected chi connectivity index (χ0v) is 23.7. The number of halogens is 3. The minimum atomic E-state index is -4.91. The monoisotopic (exact) mass is 625 g/mol. The molecule has 6 N–H and O–H groups in total. The molecule has 18 heteroatoms. The van der Waals surface area contributed by atoms with E-state index >= 15 is 4.39 Å². The van der Waals surface area contributed by atoms with Gasteiger partial charge in [0.1, 0.15) is 17.7 Å². The quantitative estimate of drug-likeness (QED) is 0.0916. The highest BCUT2D eigenvalue weighted by molar-refractivity contribution is 7.70. The van der Waals surface area contributed by atoms with E-state index in [1.54, 1.807) is 26.0 Å². The lowest BCUT2D eigenvalue weighted by molar-refractivity contribution is -0.0413. The molecule has 40 heavy (non-hydrogen) atoms. The third-order valence-corrected chi connectivity index (χ3v) is 9.24. The number of nitrogens with one attached hydrogen (secondary N) is 1. The lowest BCUT2D eigenvalue weighted by atomic mass is 10.0. The van der Waals surface area contributed by atoms with E-state index < -0.39 is 58.1 Å². The Morgan fingerprint density at radius 2 is 1.90 bits per heavy atom. The van der Waals surface area contributed by atoms with Crippen molar-refractivity contribution in [1.29, 1.82) is 0 Å². The fraction of sp³-hybridized carbons (Fsp3) is 0.409. The Labute approximate surface area is 232 Å². The number of rotatable bonds is 13. The van der Waals surface area contributed by atoms with Crippen LogP contribution in [0.25, 0.3) is 11.0 Å². The minimum Gasteiger partial charge on any atom is -0.385 e. The SMILES string of the molecule is CC/C=C(/COP(=O)(O)CP(=O)(O)O)[C@@H](O)[C@H](F)[C@@H](O)n1ncc2c(N[C@@H](C)c3ccccc3F)nc(Cl)nc21. The number of hydrogen-bond acceptors (Lipinski definition) is 9. The van der Waals surface area contributed by atoms with Crippen LogP contribution in [-0.2, 0) is 13.7 Å². The molecule has 2 aromatic heterocycles. The van der Waals surface area contributed by atoms with E-state index in [2.05, 4.69) is 20.4 Å². The van der Waals surface area contributed by atoms with Crippen LogP contribution in [0.4, 0.5) is 14.6 Å². The second-order valence-corrected chi connectivity index (χ2v) is 13.1. The molecular formula is C22H28ClF2N5O8P2. The molecule has 0 fully saturated rings. The molecule has 1 unspecified atom stereocenters. The van der Waals surface area contributed by atoms with Crippen molar-refractivity contribution in [2.24, 2.45) is 0 Å². The largest absolute Gasteiger partial charge is 0.385 e. The molecule has 13 nitrogen and oxygen atoms in total. The summed E-state index contributed by atoms with van der Waals surface area (Å²) >= 11 is 6.05. The number of benzene rings is 1. The highest BCUT2D eigenvalue weighted by Crippen LogP contribution is 2.55. The topological polar surface area (TPSA) is 200 Å². The van der Waals surface area contributed by atoms with Gasteiger partial charge in [-0.25, -0.2) is 13.5 Å². The van der Waals surface area contributed by atoms with Gasteiger partial charge in [-0.05, 0) is 36.6 Å². The van der Waals surface area contributed by atoms with Crippen molar-refractivity contribution >= 4 is 43.6 Å². The Morgan fingerprint density at radius 3 is 2.52 bits per heavy atom. The third-order valence-electron chi connectivity index (χ3n) is 5.63. The summed E-state index contributed by atoms with van der Waals surface area (Å²) in [5.41, 5.74) is -0.0565. The van der Waals surface area contributed by atoms with Crippen molar-refractivity contribution in [3.05, 3.63) is 58.8 Å². The summed E-state index contributed by atoms with van der Waals surface area (Å²) in [5.74, 6) is -1.81. The van der Waals surface area contributed by atoms with Gasteiger partial charge in [0.15, 0.2) is 23.9 Å². The second kappa shape index (κ2) is 13.1. The molecule has 2 heterocycles. The van der Waals surface area contributed by atoms with E-state index in [9.17, 15) is 28.6 Å². The molecule has 3 aromatic rings. The van der Waals surface area contributed by atoms with Crippen molar-refractivity contribution in [3.63, 3.8) is 0 Å². The van der Waals surface area contributed by atoms with Crippen molar-refractivity contribution in [2.75, 3.05) is 17.8 Å². The molecule has 0 saturated heterocycles. The molecule has 0 bridgehead atoms. The Morgan fingerprint density at radius 1 is 1.23 bits per heavy atom. The fourth-order valence-electron chi connectivity index (χ4n) is 3.79. The maximum Gasteiger partial charge on any atom is 0.340 e. The minimum absolute atomic E-state index is 0.115.